The van der Waals surface area contributed by atoms with Crippen molar-refractivity contribution in [3.05, 3.63) is 76.9 Å². The molecule has 1 saturated heterocycles. The number of fused-ring (bicyclic) bond motifs is 1. The first-order chi connectivity index (χ1) is 16.8. The molecule has 8 heteroatoms. The number of nitriles is 1. The zero-order valence-corrected chi connectivity index (χ0v) is 19.4. The largest absolute Gasteiger partial charge is 0.345 e. The Bertz CT molecular complexity index is 1480. The van der Waals surface area contributed by atoms with Crippen LogP contribution < -0.4 is 5.73 Å². The highest BCUT2D eigenvalue weighted by atomic mass is 19.1. The van der Waals surface area contributed by atoms with E-state index < -0.39 is 17.5 Å². The number of nitrogens with zero attached hydrogens (tertiary/aromatic N) is 4. The van der Waals surface area contributed by atoms with Crippen LogP contribution in [0.4, 0.5) is 13.2 Å². The van der Waals surface area contributed by atoms with Crippen LogP contribution in [0.2, 0.25) is 0 Å². The third kappa shape index (κ3) is 4.07. The van der Waals surface area contributed by atoms with E-state index in [1.807, 2.05) is 23.8 Å². The Morgan fingerprint density at radius 2 is 1.80 bits per heavy atom. The van der Waals surface area contributed by atoms with E-state index in [4.69, 9.17) is 11.0 Å². The van der Waals surface area contributed by atoms with Crippen molar-refractivity contribution in [3.8, 4) is 28.5 Å². The fraction of sp³-hybridized carbons (Fsp3) is 0.259. The number of rotatable bonds is 4. The Kier molecular flexibility index (Phi) is 5.83. The van der Waals surface area contributed by atoms with Gasteiger partial charge in [-0.3, -0.25) is 9.88 Å². The van der Waals surface area contributed by atoms with Crippen LogP contribution in [0.3, 0.4) is 0 Å². The van der Waals surface area contributed by atoms with Crippen molar-refractivity contribution in [2.45, 2.75) is 25.9 Å². The Morgan fingerprint density at radius 3 is 2.43 bits per heavy atom. The first-order valence-electron chi connectivity index (χ1n) is 11.4. The smallest absolute Gasteiger partial charge is 0.141 e. The summed E-state index contributed by atoms with van der Waals surface area (Å²) in [5.74, 6) is -2.03. The van der Waals surface area contributed by atoms with Crippen LogP contribution in [0.1, 0.15) is 23.2 Å². The number of aryl methyl sites for hydroxylation is 1. The molecule has 0 saturated carbocycles. The molecule has 1 atom stereocenters. The predicted molar refractivity (Wildman–Crippen MR) is 129 cm³/mol. The molecule has 4 aromatic rings. The number of aromatic nitrogens is 2. The normalized spacial score (nSPS) is 16.2. The lowest BCUT2D eigenvalue weighted by Crippen LogP contribution is -2.26. The van der Waals surface area contributed by atoms with Crippen molar-refractivity contribution in [1.82, 2.24) is 14.5 Å². The van der Waals surface area contributed by atoms with Crippen molar-refractivity contribution >= 4 is 10.9 Å². The van der Waals surface area contributed by atoms with Gasteiger partial charge < -0.3 is 10.3 Å². The maximum absolute atomic E-state index is 14.7. The molecule has 178 valence electrons. The van der Waals surface area contributed by atoms with Crippen LogP contribution >= 0.6 is 0 Å². The van der Waals surface area contributed by atoms with E-state index in [9.17, 15) is 13.2 Å². The molecule has 0 radical (unpaired) electrons. The molecule has 2 N–H and O–H groups in total. The summed E-state index contributed by atoms with van der Waals surface area (Å²) in [6.45, 7) is 3.77. The minimum Gasteiger partial charge on any atom is -0.345 e. The molecule has 0 spiro atoms. The molecular weight excluding hydrogens is 451 g/mol. The molecule has 0 amide bonds. The summed E-state index contributed by atoms with van der Waals surface area (Å²) in [6, 6.07) is 10.8. The van der Waals surface area contributed by atoms with E-state index in [2.05, 4.69) is 9.88 Å². The Hall–Kier alpha value is -3.67. The van der Waals surface area contributed by atoms with Gasteiger partial charge in [-0.15, -0.1) is 0 Å². The van der Waals surface area contributed by atoms with Gasteiger partial charge >= 0.3 is 0 Å². The van der Waals surface area contributed by atoms with Crippen molar-refractivity contribution in [2.24, 2.45) is 12.8 Å². The second-order valence-corrected chi connectivity index (χ2v) is 9.13. The van der Waals surface area contributed by atoms with Crippen molar-refractivity contribution < 1.29 is 13.2 Å². The number of hydrogen-bond donors (Lipinski definition) is 1. The lowest BCUT2D eigenvalue weighted by atomic mass is 9.94. The number of halogens is 3. The van der Waals surface area contributed by atoms with E-state index in [1.165, 1.54) is 31.2 Å². The Labute approximate surface area is 201 Å². The van der Waals surface area contributed by atoms with Gasteiger partial charge in [-0.1, -0.05) is 6.07 Å². The highest BCUT2D eigenvalue weighted by Gasteiger charge is 2.23. The second kappa shape index (κ2) is 8.84. The first-order valence-corrected chi connectivity index (χ1v) is 11.4. The third-order valence-corrected chi connectivity index (χ3v) is 6.83. The molecule has 0 bridgehead atoms. The lowest BCUT2D eigenvalue weighted by molar-refractivity contribution is 0.319. The van der Waals surface area contributed by atoms with Gasteiger partial charge in [-0.2, -0.15) is 5.26 Å². The zero-order valence-electron chi connectivity index (χ0n) is 19.4. The minimum atomic E-state index is -0.682. The van der Waals surface area contributed by atoms with E-state index in [0.29, 0.717) is 23.4 Å². The van der Waals surface area contributed by atoms with E-state index in [1.54, 1.807) is 12.3 Å². The fourth-order valence-electron chi connectivity index (χ4n) is 4.79. The average molecular weight is 476 g/mol. The van der Waals surface area contributed by atoms with Gasteiger partial charge in [-0.25, -0.2) is 13.2 Å². The fourth-order valence-corrected chi connectivity index (χ4v) is 4.79. The van der Waals surface area contributed by atoms with Gasteiger partial charge in [-0.05, 0) is 49.2 Å². The van der Waals surface area contributed by atoms with E-state index >= 15 is 0 Å². The molecule has 0 aliphatic carbocycles. The zero-order chi connectivity index (χ0) is 24.9. The molecule has 1 aliphatic rings. The maximum Gasteiger partial charge on any atom is 0.141 e. The van der Waals surface area contributed by atoms with E-state index in [-0.39, 0.29) is 22.7 Å². The van der Waals surface area contributed by atoms with Gasteiger partial charge in [0.2, 0.25) is 0 Å². The summed E-state index contributed by atoms with van der Waals surface area (Å²) in [7, 11) is 1.93. The summed E-state index contributed by atoms with van der Waals surface area (Å²) in [5, 5.41) is 9.94. The third-order valence-electron chi connectivity index (χ3n) is 6.83. The molecule has 0 unspecified atom stereocenters. The molecule has 2 aromatic carbocycles. The lowest BCUT2D eigenvalue weighted by Gasteiger charge is -2.15. The van der Waals surface area contributed by atoms with Crippen LogP contribution in [0.15, 0.2) is 42.6 Å². The Balaban J connectivity index is 1.74. The van der Waals surface area contributed by atoms with Crippen LogP contribution in [0, 0.1) is 35.7 Å². The topological polar surface area (TPSA) is 70.9 Å². The van der Waals surface area contributed by atoms with Gasteiger partial charge in [0, 0.05) is 60.5 Å². The predicted octanol–water partition coefficient (Wildman–Crippen LogP) is 5.04. The van der Waals surface area contributed by atoms with Crippen molar-refractivity contribution in [2.75, 3.05) is 13.1 Å². The van der Waals surface area contributed by atoms with E-state index in [0.717, 1.165) is 36.1 Å². The van der Waals surface area contributed by atoms with Crippen LogP contribution in [-0.4, -0.2) is 33.6 Å². The molecule has 1 aliphatic heterocycles. The molecule has 2 aromatic heterocycles. The summed E-state index contributed by atoms with van der Waals surface area (Å²) in [5.41, 5.74) is 9.34. The summed E-state index contributed by atoms with van der Waals surface area (Å²) in [4.78, 5) is 6.86. The van der Waals surface area contributed by atoms with Crippen LogP contribution in [-0.2, 0) is 13.6 Å². The number of likely N-dealkylation sites (tertiary alicyclic amines) is 1. The van der Waals surface area contributed by atoms with Crippen molar-refractivity contribution in [1.29, 1.82) is 5.26 Å². The van der Waals surface area contributed by atoms with Crippen LogP contribution in [0.5, 0.6) is 0 Å². The van der Waals surface area contributed by atoms with Gasteiger partial charge in [0.05, 0.1) is 23.0 Å². The molecule has 5 rings (SSSR count). The van der Waals surface area contributed by atoms with Gasteiger partial charge in [0.25, 0.3) is 0 Å². The summed E-state index contributed by atoms with van der Waals surface area (Å²) >= 11 is 0. The summed E-state index contributed by atoms with van der Waals surface area (Å²) in [6.07, 6.45) is 2.61. The van der Waals surface area contributed by atoms with Gasteiger partial charge in [0.15, 0.2) is 0 Å². The number of nitrogens with two attached hydrogens (primary N) is 1. The van der Waals surface area contributed by atoms with Gasteiger partial charge in [0.1, 0.15) is 23.5 Å². The van der Waals surface area contributed by atoms with Crippen LogP contribution in [0.25, 0.3) is 33.3 Å². The minimum absolute atomic E-state index is 0.0772. The average Bonchev–Trinajstić information content (AvgIpc) is 3.39. The Morgan fingerprint density at radius 1 is 1.09 bits per heavy atom. The summed E-state index contributed by atoms with van der Waals surface area (Å²) < 4.78 is 45.6. The highest BCUT2D eigenvalue weighted by molar-refractivity contribution is 6.02. The molecule has 5 nitrogen and oxygen atoms in total. The molecule has 1 fully saturated rings. The molecule has 35 heavy (non-hydrogen) atoms. The number of benzene rings is 2. The quantitative estimate of drug-likeness (QED) is 0.449. The highest BCUT2D eigenvalue weighted by Crippen LogP contribution is 2.39. The standard InChI is InChI=1S/C27H24F3N5/c1-15-22(28)8-18(9-23(15)29)27-26(16-3-4-17(11-31)24(30)7-16)21-10-20(34(2)25(21)12-33-27)14-35-6-5-19(32)13-35/h3-4,7-10,12,19H,5-6,13-14,32H2,1-2H3/t19-/m0/s1. The van der Waals surface area contributed by atoms with Crippen molar-refractivity contribution in [3.63, 3.8) is 0 Å². The SMILES string of the molecule is Cc1c(F)cc(-c2ncc3c(cc(CN4CC[C@H](N)C4)n3C)c2-c2ccc(C#N)c(F)c2)cc1F. The monoisotopic (exact) mass is 475 g/mol. The number of pyridine rings is 1. The second-order valence-electron chi connectivity index (χ2n) is 9.13. The maximum atomic E-state index is 14.7. The molecule has 3 heterocycles. The first kappa shape index (κ1) is 23.1. The molecular formula is C27H24F3N5. The number of hydrogen-bond acceptors (Lipinski definition) is 4.